The van der Waals surface area contributed by atoms with Gasteiger partial charge in [-0.25, -0.2) is 9.59 Å². The minimum atomic E-state index is -8.21. The van der Waals surface area contributed by atoms with Crippen molar-refractivity contribution in [2.24, 2.45) is 0 Å². The fraction of sp³-hybridized carbons (Fsp3) is 0.826. The Balaban J connectivity index is 6.18. The van der Waals surface area contributed by atoms with Gasteiger partial charge in [-0.15, -0.1) is 0 Å². The van der Waals surface area contributed by atoms with E-state index < -0.39 is 113 Å². The van der Waals surface area contributed by atoms with Gasteiger partial charge in [0.15, 0.2) is 31.2 Å². The number of carbonyl (C=O) groups is 2. The lowest BCUT2D eigenvalue weighted by Crippen LogP contribution is -2.71. The van der Waals surface area contributed by atoms with Crippen LogP contribution in [0.1, 0.15) is 12.8 Å². The van der Waals surface area contributed by atoms with E-state index in [0.717, 1.165) is 0 Å². The molecule has 0 rings (SSSR count). The van der Waals surface area contributed by atoms with Crippen molar-refractivity contribution < 1.29 is 97.3 Å². The maximum Gasteiger partial charge on any atom is 0.509 e. The predicted molar refractivity (Wildman–Crippen MR) is 150 cm³/mol. The van der Waals surface area contributed by atoms with E-state index in [2.05, 4.69) is 4.74 Å². The third kappa shape index (κ3) is 12.8. The predicted octanol–water partition coefficient (Wildman–Crippen LogP) is 8.77. The summed E-state index contributed by atoms with van der Waals surface area (Å²) in [7, 11) is -11.5. The van der Waals surface area contributed by atoms with Gasteiger partial charge in [0, 0.05) is 25.0 Å². The minimum Gasteiger partial charge on any atom is -0.458 e. The summed E-state index contributed by atoms with van der Waals surface area (Å²) in [5, 5.41) is 0. The van der Waals surface area contributed by atoms with Gasteiger partial charge in [-0.2, -0.15) is 65.9 Å². The highest BCUT2D eigenvalue weighted by Gasteiger charge is 2.91. The van der Waals surface area contributed by atoms with Crippen molar-refractivity contribution in [2.75, 3.05) is 6.23 Å². The second-order valence-corrected chi connectivity index (χ2v) is 30.1. The quantitative estimate of drug-likeness (QED) is 0.0593. The molecule has 0 fully saturated rings. The molecule has 0 heterocycles. The fourth-order valence-electron chi connectivity index (χ4n) is 3.38. The summed E-state index contributed by atoms with van der Waals surface area (Å²) in [4.78, 5) is 24.0. The first-order valence-corrected chi connectivity index (χ1v) is 25.7. The summed E-state index contributed by atoms with van der Waals surface area (Å²) in [5.41, 5.74) is 0. The monoisotopic (exact) mass is 820 g/mol. The van der Waals surface area contributed by atoms with Crippen molar-refractivity contribution in [3.63, 3.8) is 0 Å². The van der Waals surface area contributed by atoms with Crippen molar-refractivity contribution in [1.29, 1.82) is 0 Å². The van der Waals surface area contributed by atoms with Crippen LogP contribution in [0.15, 0.2) is 12.2 Å². The number of alkyl halides is 15. The van der Waals surface area contributed by atoms with Gasteiger partial charge in [0.2, 0.25) is 0 Å². The Hall–Kier alpha value is -1.62. The molecular formula is C23H35F15O7Si4. The van der Waals surface area contributed by atoms with Crippen LogP contribution >= 0.6 is 0 Å². The molecule has 0 amide bonds. The molecule has 0 unspecified atom stereocenters. The number of esters is 2. The van der Waals surface area contributed by atoms with E-state index in [-0.39, 0.29) is 6.08 Å². The smallest absolute Gasteiger partial charge is 0.458 e. The van der Waals surface area contributed by atoms with E-state index in [0.29, 0.717) is 0 Å². The highest BCUT2D eigenvalue weighted by molar-refractivity contribution is 6.90. The summed E-state index contributed by atoms with van der Waals surface area (Å²) in [5.74, 6) is -43.4. The number of carbonyl (C=O) groups excluding carboxylic acids is 2. The molecule has 0 aliphatic carbocycles. The molecule has 0 saturated heterocycles. The molecule has 0 aliphatic rings. The van der Waals surface area contributed by atoms with Gasteiger partial charge in [-0.3, -0.25) is 0 Å². The van der Waals surface area contributed by atoms with Crippen molar-refractivity contribution in [3.05, 3.63) is 12.2 Å². The zero-order valence-electron chi connectivity index (χ0n) is 27.3. The average molecular weight is 821 g/mol. The van der Waals surface area contributed by atoms with E-state index >= 15 is 0 Å². The Morgan fingerprint density at radius 2 is 0.857 bits per heavy atom. The van der Waals surface area contributed by atoms with Gasteiger partial charge < -0.3 is 21.8 Å². The maximum absolute atomic E-state index is 14.0. The number of ether oxygens (including phenoxy) is 2. The molecule has 0 aromatic heterocycles. The summed E-state index contributed by atoms with van der Waals surface area (Å²) < 4.78 is 229. The molecular weight excluding hydrogens is 786 g/mol. The lowest BCUT2D eigenvalue weighted by molar-refractivity contribution is -0.451. The summed E-state index contributed by atoms with van der Waals surface area (Å²) in [6, 6.07) is 0. The zero-order chi connectivity index (χ0) is 39.7. The van der Waals surface area contributed by atoms with Gasteiger partial charge in [0.1, 0.15) is 0 Å². The first kappa shape index (κ1) is 47.4. The van der Waals surface area contributed by atoms with E-state index in [1.165, 1.54) is 0 Å². The van der Waals surface area contributed by atoms with Crippen LogP contribution < -0.4 is 0 Å². The van der Waals surface area contributed by atoms with Crippen LogP contribution in [-0.2, 0) is 31.4 Å². The second-order valence-electron chi connectivity index (χ2n) is 13.3. The molecule has 0 spiro atoms. The Morgan fingerprint density at radius 3 is 1.20 bits per heavy atom. The van der Waals surface area contributed by atoms with Crippen LogP contribution in [0.2, 0.25) is 58.9 Å². The summed E-state index contributed by atoms with van der Waals surface area (Å²) in [6.07, 6.45) is -20.6. The minimum absolute atomic E-state index is 0.0879. The van der Waals surface area contributed by atoms with Crippen molar-refractivity contribution in [3.8, 4) is 0 Å². The number of rotatable bonds is 18. The third-order valence-electron chi connectivity index (χ3n) is 5.09. The SMILES string of the molecule is C[Si](C)(C)O[Si](COC(=O)C=CC(=O)OC(F)(F)C(F)(F)C(F)(F)C(F)(F)C(F)(F)C(F)(F)CCC(F)(F)F)(O[Si](C)(C)C)O[Si](C)(C)C. The Morgan fingerprint density at radius 1 is 0.510 bits per heavy atom. The lowest BCUT2D eigenvalue weighted by Gasteiger charge is -2.42. The first-order chi connectivity index (χ1) is 21.1. The van der Waals surface area contributed by atoms with Gasteiger partial charge in [-0.1, -0.05) is 0 Å². The molecule has 0 aliphatic heterocycles. The van der Waals surface area contributed by atoms with Gasteiger partial charge in [0.25, 0.3) is 0 Å². The van der Waals surface area contributed by atoms with Crippen molar-refractivity contribution in [1.82, 2.24) is 0 Å². The zero-order valence-corrected chi connectivity index (χ0v) is 31.3. The van der Waals surface area contributed by atoms with Crippen molar-refractivity contribution >= 4 is 45.7 Å². The lowest BCUT2D eigenvalue weighted by atomic mass is 9.91. The highest BCUT2D eigenvalue weighted by atomic mass is 28.5. The van der Waals surface area contributed by atoms with E-state index in [1.807, 2.05) is 0 Å². The van der Waals surface area contributed by atoms with E-state index in [9.17, 15) is 75.4 Å². The summed E-state index contributed by atoms with van der Waals surface area (Å²) >= 11 is 0. The van der Waals surface area contributed by atoms with Crippen LogP contribution in [0, 0.1) is 0 Å². The topological polar surface area (TPSA) is 80.3 Å². The molecule has 290 valence electrons. The number of hydrogen-bond donors (Lipinski definition) is 0. The largest absolute Gasteiger partial charge is 0.509 e. The molecule has 7 nitrogen and oxygen atoms in total. The van der Waals surface area contributed by atoms with Crippen LogP contribution in [0.4, 0.5) is 65.9 Å². The molecule has 0 N–H and O–H groups in total. The Kier molecular flexibility index (Phi) is 14.3. The van der Waals surface area contributed by atoms with Crippen LogP contribution in [-0.4, -0.2) is 93.8 Å². The van der Waals surface area contributed by atoms with Gasteiger partial charge in [0.05, 0.1) is 0 Å². The Bertz CT molecular complexity index is 1150. The molecule has 0 bridgehead atoms. The third-order valence-corrected chi connectivity index (χ3v) is 16.7. The van der Waals surface area contributed by atoms with Crippen LogP contribution in [0.3, 0.4) is 0 Å². The normalized spacial score (nSPS) is 15.5. The van der Waals surface area contributed by atoms with E-state index in [4.69, 9.17) is 17.1 Å². The Labute approximate surface area is 275 Å². The fourth-order valence-corrected chi connectivity index (χ4v) is 17.2. The molecule has 0 aromatic rings. The first-order valence-electron chi connectivity index (χ1n) is 13.6. The molecule has 0 saturated carbocycles. The maximum atomic E-state index is 14.0. The average Bonchev–Trinajstić information content (AvgIpc) is 2.80. The standard InChI is InChI=1S/C23H35F15O7Si4/c1-46(2,3)43-49(44-47(4,5)6,45-48(7,8)9)14-41-15(39)10-11-16(40)42-23(37,38)22(35,36)21(33,34)20(31,32)19(29,30)17(24,25)12-13-18(26,27)28/h10-11H,12-14H2,1-9H3. The number of halogens is 15. The molecule has 0 radical (unpaired) electrons. The van der Waals surface area contributed by atoms with Gasteiger partial charge >= 0.3 is 62.6 Å². The van der Waals surface area contributed by atoms with Crippen LogP contribution in [0.5, 0.6) is 0 Å². The summed E-state index contributed by atoms with van der Waals surface area (Å²) in [6.45, 7) is 15.5. The molecule has 49 heavy (non-hydrogen) atoms. The van der Waals surface area contributed by atoms with Crippen molar-refractivity contribution in [2.45, 2.75) is 114 Å². The number of hydrogen-bond acceptors (Lipinski definition) is 7. The highest BCUT2D eigenvalue weighted by Crippen LogP contribution is 2.61. The molecule has 26 heteroatoms. The van der Waals surface area contributed by atoms with E-state index in [1.54, 1.807) is 58.9 Å². The van der Waals surface area contributed by atoms with Gasteiger partial charge in [-0.05, 0) is 58.9 Å². The second kappa shape index (κ2) is 14.8. The van der Waals surface area contributed by atoms with Crippen LogP contribution in [0.25, 0.3) is 0 Å². The molecule has 0 aromatic carbocycles. The molecule has 0 atom stereocenters.